The van der Waals surface area contributed by atoms with E-state index in [-0.39, 0.29) is 5.82 Å². The van der Waals surface area contributed by atoms with Gasteiger partial charge >= 0.3 is 0 Å². The van der Waals surface area contributed by atoms with E-state index in [1.165, 1.54) is 0 Å². The monoisotopic (exact) mass is 442 g/mol. The predicted octanol–water partition coefficient (Wildman–Crippen LogP) is 3.91. The number of rotatable bonds is 7. The summed E-state index contributed by atoms with van der Waals surface area (Å²) in [7, 11) is 0. The van der Waals surface area contributed by atoms with Crippen LogP contribution >= 0.6 is 15.9 Å². The summed E-state index contributed by atoms with van der Waals surface area (Å²) in [5.74, 6) is 1.44. The van der Waals surface area contributed by atoms with E-state index >= 15 is 0 Å². The average Bonchev–Trinajstić information content (AvgIpc) is 3.32. The molecule has 0 aliphatic heterocycles. The normalized spacial score (nSPS) is 11.2. The molecule has 3 heterocycles. The summed E-state index contributed by atoms with van der Waals surface area (Å²) in [6.07, 6.45) is 2.64. The van der Waals surface area contributed by atoms with Crippen molar-refractivity contribution in [3.8, 4) is 28.5 Å². The Labute approximate surface area is 169 Å². The molecule has 0 saturated heterocycles. The van der Waals surface area contributed by atoms with E-state index in [0.29, 0.717) is 30.4 Å². The SMILES string of the molecule is CCn1c(-c2nonc2N)nc2c(-c3ccccc3)ncc(OCCCBr)c21. The predicted molar refractivity (Wildman–Crippen MR) is 110 cm³/mol. The van der Waals surface area contributed by atoms with Crippen molar-refractivity contribution < 1.29 is 9.37 Å². The molecule has 0 atom stereocenters. The molecular formula is C19H19BrN6O2. The third-order valence-electron chi connectivity index (χ3n) is 4.36. The van der Waals surface area contributed by atoms with E-state index in [1.54, 1.807) is 6.20 Å². The van der Waals surface area contributed by atoms with Crippen LogP contribution in [0, 0.1) is 0 Å². The molecule has 0 spiro atoms. The van der Waals surface area contributed by atoms with Gasteiger partial charge in [-0.1, -0.05) is 46.3 Å². The van der Waals surface area contributed by atoms with Gasteiger partial charge in [0.25, 0.3) is 0 Å². The van der Waals surface area contributed by atoms with Crippen LogP contribution in [0.1, 0.15) is 13.3 Å². The molecule has 9 heteroatoms. The largest absolute Gasteiger partial charge is 0.490 e. The van der Waals surface area contributed by atoms with E-state index in [2.05, 4.69) is 31.2 Å². The molecule has 8 nitrogen and oxygen atoms in total. The second kappa shape index (κ2) is 7.97. The summed E-state index contributed by atoms with van der Waals surface area (Å²) in [6, 6.07) is 9.92. The molecule has 4 aromatic rings. The number of aromatic nitrogens is 5. The van der Waals surface area contributed by atoms with Crippen molar-refractivity contribution in [3.05, 3.63) is 36.5 Å². The molecule has 0 radical (unpaired) electrons. The highest BCUT2D eigenvalue weighted by atomic mass is 79.9. The molecule has 0 amide bonds. The molecule has 1 aromatic carbocycles. The number of anilines is 1. The Balaban J connectivity index is 1.97. The lowest BCUT2D eigenvalue weighted by atomic mass is 10.1. The van der Waals surface area contributed by atoms with Gasteiger partial charge in [0, 0.05) is 17.4 Å². The number of hydrogen-bond donors (Lipinski definition) is 1. The van der Waals surface area contributed by atoms with Crippen LogP contribution in [-0.4, -0.2) is 36.8 Å². The summed E-state index contributed by atoms with van der Waals surface area (Å²) < 4.78 is 12.8. The number of halogens is 1. The maximum absolute atomic E-state index is 6.01. The van der Waals surface area contributed by atoms with Gasteiger partial charge in [0.15, 0.2) is 23.1 Å². The summed E-state index contributed by atoms with van der Waals surface area (Å²) in [5.41, 5.74) is 9.65. The third kappa shape index (κ3) is 3.22. The Bertz CT molecular complexity index is 1090. The van der Waals surface area contributed by atoms with Crippen LogP contribution in [0.5, 0.6) is 5.75 Å². The maximum atomic E-state index is 6.01. The third-order valence-corrected chi connectivity index (χ3v) is 4.92. The van der Waals surface area contributed by atoms with Gasteiger partial charge in [0.1, 0.15) is 11.0 Å². The van der Waals surface area contributed by atoms with E-state index in [1.807, 2.05) is 41.8 Å². The maximum Gasteiger partial charge on any atom is 0.199 e. The molecule has 144 valence electrons. The Kier molecular flexibility index (Phi) is 5.25. The molecule has 0 fully saturated rings. The zero-order valence-electron chi connectivity index (χ0n) is 15.3. The number of benzene rings is 1. The molecule has 3 aromatic heterocycles. The fourth-order valence-corrected chi connectivity index (χ4v) is 3.33. The number of nitrogen functional groups attached to an aromatic ring is 1. The Hall–Kier alpha value is -2.94. The number of alkyl halides is 1. The number of nitrogens with zero attached hydrogens (tertiary/aromatic N) is 5. The minimum Gasteiger partial charge on any atom is -0.490 e. The van der Waals surface area contributed by atoms with Crippen LogP contribution in [0.25, 0.3) is 33.8 Å². The molecule has 2 N–H and O–H groups in total. The van der Waals surface area contributed by atoms with Gasteiger partial charge in [-0.15, -0.1) is 0 Å². The number of aryl methyl sites for hydroxylation is 1. The first-order valence-corrected chi connectivity index (χ1v) is 10.1. The highest BCUT2D eigenvalue weighted by Crippen LogP contribution is 2.36. The van der Waals surface area contributed by atoms with Gasteiger partial charge in [-0.3, -0.25) is 0 Å². The van der Waals surface area contributed by atoms with Crippen LogP contribution in [0.3, 0.4) is 0 Å². The Morgan fingerprint density at radius 1 is 1.18 bits per heavy atom. The smallest absolute Gasteiger partial charge is 0.199 e. The molecule has 0 bridgehead atoms. The number of nitrogens with two attached hydrogens (primary N) is 1. The van der Waals surface area contributed by atoms with E-state index in [0.717, 1.165) is 34.0 Å². The number of imidazole rings is 1. The topological polar surface area (TPSA) is 105 Å². The first-order valence-electron chi connectivity index (χ1n) is 8.96. The lowest BCUT2D eigenvalue weighted by Gasteiger charge is -2.11. The zero-order valence-corrected chi connectivity index (χ0v) is 16.9. The molecule has 0 aliphatic carbocycles. The molecular weight excluding hydrogens is 424 g/mol. The standard InChI is InChI=1S/C19H19BrN6O2/c1-2-26-17-13(27-10-6-9-20)11-22-14(12-7-4-3-5-8-12)15(17)23-19(26)16-18(21)25-28-24-16/h3-5,7-8,11H,2,6,9-10H2,1H3,(H2,21,25). The molecule has 0 aliphatic rings. The van der Waals surface area contributed by atoms with Crippen molar-refractivity contribution in [2.75, 3.05) is 17.7 Å². The van der Waals surface area contributed by atoms with E-state index in [4.69, 9.17) is 20.1 Å². The van der Waals surface area contributed by atoms with Crippen LogP contribution in [0.2, 0.25) is 0 Å². The molecule has 28 heavy (non-hydrogen) atoms. The lowest BCUT2D eigenvalue weighted by molar-refractivity contribution is 0.310. The Morgan fingerprint density at radius 3 is 2.68 bits per heavy atom. The first-order chi connectivity index (χ1) is 13.7. The zero-order chi connectivity index (χ0) is 19.5. The Morgan fingerprint density at radius 2 is 2.00 bits per heavy atom. The van der Waals surface area contributed by atoms with E-state index < -0.39 is 0 Å². The number of hydrogen-bond acceptors (Lipinski definition) is 7. The van der Waals surface area contributed by atoms with Crippen LogP contribution < -0.4 is 10.5 Å². The second-order valence-electron chi connectivity index (χ2n) is 6.10. The molecule has 0 unspecified atom stereocenters. The van der Waals surface area contributed by atoms with Crippen LogP contribution in [0.4, 0.5) is 5.82 Å². The van der Waals surface area contributed by atoms with Gasteiger partial charge in [-0.25, -0.2) is 14.6 Å². The van der Waals surface area contributed by atoms with Crippen molar-refractivity contribution in [2.24, 2.45) is 0 Å². The van der Waals surface area contributed by atoms with Crippen molar-refractivity contribution in [2.45, 2.75) is 19.9 Å². The fourth-order valence-electron chi connectivity index (χ4n) is 3.10. The number of fused-ring (bicyclic) bond motifs is 1. The molecule has 0 saturated carbocycles. The number of ether oxygens (including phenoxy) is 1. The highest BCUT2D eigenvalue weighted by molar-refractivity contribution is 9.09. The highest BCUT2D eigenvalue weighted by Gasteiger charge is 2.23. The minimum atomic E-state index is 0.195. The first kappa shape index (κ1) is 18.4. The van der Waals surface area contributed by atoms with Gasteiger partial charge in [-0.05, 0) is 23.7 Å². The quantitative estimate of drug-likeness (QED) is 0.341. The summed E-state index contributed by atoms with van der Waals surface area (Å²) >= 11 is 3.43. The summed E-state index contributed by atoms with van der Waals surface area (Å²) in [5, 5.41) is 8.49. The van der Waals surface area contributed by atoms with Crippen LogP contribution in [-0.2, 0) is 6.54 Å². The fraction of sp³-hybridized carbons (Fsp3) is 0.263. The van der Waals surface area contributed by atoms with Gasteiger partial charge in [0.2, 0.25) is 0 Å². The van der Waals surface area contributed by atoms with Crippen molar-refractivity contribution in [1.29, 1.82) is 0 Å². The average molecular weight is 443 g/mol. The van der Waals surface area contributed by atoms with E-state index in [9.17, 15) is 0 Å². The van der Waals surface area contributed by atoms with Crippen molar-refractivity contribution in [1.82, 2.24) is 24.8 Å². The minimum absolute atomic E-state index is 0.195. The molecule has 4 rings (SSSR count). The van der Waals surface area contributed by atoms with Gasteiger partial charge in [0.05, 0.1) is 18.5 Å². The lowest BCUT2D eigenvalue weighted by Crippen LogP contribution is -2.04. The summed E-state index contributed by atoms with van der Waals surface area (Å²) in [4.78, 5) is 9.47. The van der Waals surface area contributed by atoms with Crippen molar-refractivity contribution in [3.63, 3.8) is 0 Å². The number of pyridine rings is 1. The van der Waals surface area contributed by atoms with Crippen molar-refractivity contribution >= 4 is 32.8 Å². The second-order valence-corrected chi connectivity index (χ2v) is 6.90. The summed E-state index contributed by atoms with van der Waals surface area (Å²) in [6.45, 7) is 3.25. The van der Waals surface area contributed by atoms with Crippen LogP contribution in [0.15, 0.2) is 41.2 Å². The van der Waals surface area contributed by atoms with Gasteiger partial charge in [-0.2, -0.15) is 0 Å². The van der Waals surface area contributed by atoms with Gasteiger partial charge < -0.3 is 15.0 Å².